The summed E-state index contributed by atoms with van der Waals surface area (Å²) in [7, 11) is -1.64. The third-order valence-electron chi connectivity index (χ3n) is 3.45. The number of unbranched alkanes of at least 4 members (excludes halogenated alkanes) is 6. The largest absolute Gasteiger partial charge is 0.497 e. The maximum atomic E-state index is 12.2. The molecule has 0 aromatic heterocycles. The first-order valence-electron chi connectivity index (χ1n) is 7.53. The maximum Gasteiger partial charge on any atom is 0.178 e. The number of rotatable bonds is 11. The van der Waals surface area contributed by atoms with Gasteiger partial charge >= 0.3 is 0 Å². The molecule has 0 aliphatic rings. The van der Waals surface area contributed by atoms with Crippen molar-refractivity contribution in [1.82, 2.24) is 0 Å². The van der Waals surface area contributed by atoms with Crippen LogP contribution in [0.2, 0.25) is 0 Å². The minimum Gasteiger partial charge on any atom is -0.497 e. The third-order valence-corrected chi connectivity index (χ3v) is 5.81. The fourth-order valence-corrected chi connectivity index (χ4v) is 3.98. The summed E-state index contributed by atoms with van der Waals surface area (Å²) in [5, 5.41) is 1.08. The molecule has 0 aliphatic carbocycles. The molecule has 0 radical (unpaired) electrons. The molecule has 0 atom stereocenters. The first-order chi connectivity index (χ1) is 10.1. The van der Waals surface area contributed by atoms with Gasteiger partial charge in [-0.05, 0) is 31.0 Å². The molecular weight excluding hydrogens is 352 g/mol. The van der Waals surface area contributed by atoms with Crippen molar-refractivity contribution < 1.29 is 13.2 Å². The highest BCUT2D eigenvalue weighted by molar-refractivity contribution is 9.09. The lowest BCUT2D eigenvalue weighted by molar-refractivity contribution is 0.413. The Balaban J connectivity index is 2.30. The Kier molecular flexibility index (Phi) is 9.00. The minimum absolute atomic E-state index is 0.224. The molecule has 0 aliphatic heterocycles. The highest BCUT2D eigenvalue weighted by atomic mass is 79.9. The number of halogens is 1. The topological polar surface area (TPSA) is 43.4 Å². The molecule has 120 valence electrons. The number of ether oxygens (including phenoxy) is 1. The smallest absolute Gasteiger partial charge is 0.178 e. The number of hydrogen-bond donors (Lipinski definition) is 0. The number of sulfone groups is 1. The van der Waals surface area contributed by atoms with Gasteiger partial charge < -0.3 is 4.74 Å². The molecule has 3 nitrogen and oxygen atoms in total. The highest BCUT2D eigenvalue weighted by Gasteiger charge is 2.14. The Hall–Kier alpha value is -0.550. The van der Waals surface area contributed by atoms with E-state index in [2.05, 4.69) is 15.9 Å². The lowest BCUT2D eigenvalue weighted by Gasteiger charge is -2.06. The average molecular weight is 377 g/mol. The van der Waals surface area contributed by atoms with E-state index >= 15 is 0 Å². The van der Waals surface area contributed by atoms with Gasteiger partial charge in [-0.15, -0.1) is 0 Å². The Labute approximate surface area is 137 Å². The summed E-state index contributed by atoms with van der Waals surface area (Å²) in [4.78, 5) is 0.360. The zero-order valence-electron chi connectivity index (χ0n) is 12.7. The molecule has 0 N–H and O–H groups in total. The van der Waals surface area contributed by atoms with Crippen LogP contribution in [0.4, 0.5) is 0 Å². The van der Waals surface area contributed by atoms with Crippen LogP contribution in [0.5, 0.6) is 5.75 Å². The van der Waals surface area contributed by atoms with Gasteiger partial charge in [0.05, 0.1) is 17.8 Å². The van der Waals surface area contributed by atoms with Crippen LogP contribution < -0.4 is 4.74 Å². The van der Waals surface area contributed by atoms with Gasteiger partial charge in [0.1, 0.15) is 5.75 Å². The summed E-state index contributed by atoms with van der Waals surface area (Å²) in [6, 6.07) is 6.70. The molecule has 0 unspecified atom stereocenters. The molecular formula is C16H25BrO3S. The Morgan fingerprint density at radius 2 is 1.62 bits per heavy atom. The lowest BCUT2D eigenvalue weighted by atomic mass is 10.1. The molecule has 0 fully saturated rings. The molecule has 0 saturated carbocycles. The fraction of sp³-hybridized carbons (Fsp3) is 0.625. The van der Waals surface area contributed by atoms with Gasteiger partial charge in [0, 0.05) is 5.33 Å². The molecule has 1 rings (SSSR count). The van der Waals surface area contributed by atoms with Crippen molar-refractivity contribution in [3.8, 4) is 5.75 Å². The lowest BCUT2D eigenvalue weighted by Crippen LogP contribution is -2.07. The number of hydrogen-bond acceptors (Lipinski definition) is 3. The highest BCUT2D eigenvalue weighted by Crippen LogP contribution is 2.19. The molecule has 0 saturated heterocycles. The Morgan fingerprint density at radius 3 is 2.24 bits per heavy atom. The molecule has 0 spiro atoms. The van der Waals surface area contributed by atoms with Gasteiger partial charge in [-0.1, -0.05) is 54.1 Å². The van der Waals surface area contributed by atoms with Gasteiger partial charge in [-0.2, -0.15) is 0 Å². The summed E-state index contributed by atoms with van der Waals surface area (Å²) in [5.41, 5.74) is 0. The Bertz CT molecular complexity index is 500. The number of benzene rings is 1. The van der Waals surface area contributed by atoms with Crippen LogP contribution in [0, 0.1) is 0 Å². The van der Waals surface area contributed by atoms with Gasteiger partial charge in [0.2, 0.25) is 0 Å². The second-order valence-corrected chi connectivity index (χ2v) is 8.06. The van der Waals surface area contributed by atoms with Gasteiger partial charge in [-0.25, -0.2) is 8.42 Å². The molecule has 1 aromatic carbocycles. The van der Waals surface area contributed by atoms with Crippen molar-refractivity contribution in [2.45, 2.75) is 49.8 Å². The quantitative estimate of drug-likeness (QED) is 0.418. The Morgan fingerprint density at radius 1 is 1.00 bits per heavy atom. The summed E-state index contributed by atoms with van der Waals surface area (Å²) in [5.74, 6) is 0.810. The molecule has 21 heavy (non-hydrogen) atoms. The normalized spacial score (nSPS) is 11.5. The predicted octanol–water partition coefficient (Wildman–Crippen LogP) is 4.59. The zero-order valence-corrected chi connectivity index (χ0v) is 15.1. The van der Waals surface area contributed by atoms with E-state index in [9.17, 15) is 8.42 Å². The van der Waals surface area contributed by atoms with E-state index in [-0.39, 0.29) is 5.75 Å². The van der Waals surface area contributed by atoms with E-state index in [1.54, 1.807) is 31.4 Å². The summed E-state index contributed by atoms with van der Waals surface area (Å²) in [6.45, 7) is 0. The van der Waals surface area contributed by atoms with E-state index in [1.807, 2.05) is 0 Å². The molecule has 0 heterocycles. The van der Waals surface area contributed by atoms with Crippen molar-refractivity contribution in [2.24, 2.45) is 0 Å². The van der Waals surface area contributed by atoms with Crippen molar-refractivity contribution >= 4 is 25.8 Å². The van der Waals surface area contributed by atoms with Crippen molar-refractivity contribution in [3.05, 3.63) is 24.3 Å². The van der Waals surface area contributed by atoms with Crippen LogP contribution in [0.3, 0.4) is 0 Å². The average Bonchev–Trinajstić information content (AvgIpc) is 2.50. The number of methoxy groups -OCH3 is 1. The van der Waals surface area contributed by atoms with Crippen LogP contribution in [0.15, 0.2) is 29.2 Å². The molecule has 0 bridgehead atoms. The second-order valence-electron chi connectivity index (χ2n) is 5.16. The third kappa shape index (κ3) is 7.32. The molecule has 1 aromatic rings. The maximum absolute atomic E-state index is 12.2. The van der Waals surface area contributed by atoms with Crippen molar-refractivity contribution in [3.63, 3.8) is 0 Å². The summed E-state index contributed by atoms with van der Waals surface area (Å²) < 4.78 is 29.5. The van der Waals surface area contributed by atoms with Crippen LogP contribution >= 0.6 is 15.9 Å². The van der Waals surface area contributed by atoms with E-state index < -0.39 is 9.84 Å². The van der Waals surface area contributed by atoms with Crippen LogP contribution in [0.1, 0.15) is 44.9 Å². The van der Waals surface area contributed by atoms with E-state index in [4.69, 9.17) is 4.74 Å². The van der Waals surface area contributed by atoms with E-state index in [1.165, 1.54) is 25.7 Å². The van der Waals surface area contributed by atoms with Crippen molar-refractivity contribution in [1.29, 1.82) is 0 Å². The van der Waals surface area contributed by atoms with E-state index in [0.717, 1.165) is 24.6 Å². The summed E-state index contributed by atoms with van der Waals surface area (Å²) >= 11 is 3.42. The fourth-order valence-electron chi connectivity index (χ4n) is 2.18. The number of alkyl halides is 1. The van der Waals surface area contributed by atoms with Crippen molar-refractivity contribution in [2.75, 3.05) is 18.2 Å². The van der Waals surface area contributed by atoms with Crippen LogP contribution in [0.25, 0.3) is 0 Å². The first kappa shape index (κ1) is 18.5. The first-order valence-corrected chi connectivity index (χ1v) is 10.3. The summed E-state index contributed by atoms with van der Waals surface area (Å²) in [6.07, 6.45) is 7.77. The zero-order chi connectivity index (χ0) is 15.6. The standard InChI is InChI=1S/C16H25BrO3S/c1-20-15-10-9-11-16(14-15)21(18,19)13-8-6-4-2-3-5-7-12-17/h9-11,14H,2-8,12-13H2,1H3. The van der Waals surface area contributed by atoms with Crippen LogP contribution in [-0.4, -0.2) is 26.6 Å². The second kappa shape index (κ2) is 10.2. The monoisotopic (exact) mass is 376 g/mol. The van der Waals surface area contributed by atoms with Crippen LogP contribution in [-0.2, 0) is 9.84 Å². The molecule has 5 heteroatoms. The predicted molar refractivity (Wildman–Crippen MR) is 91.2 cm³/mol. The van der Waals surface area contributed by atoms with Gasteiger partial charge in [0.25, 0.3) is 0 Å². The molecule has 0 amide bonds. The SMILES string of the molecule is COc1cccc(S(=O)(=O)CCCCCCCCCBr)c1. The van der Waals surface area contributed by atoms with Gasteiger partial charge in [0.15, 0.2) is 9.84 Å². The van der Waals surface area contributed by atoms with Gasteiger partial charge in [-0.3, -0.25) is 0 Å². The minimum atomic E-state index is -3.18. The van der Waals surface area contributed by atoms with E-state index in [0.29, 0.717) is 10.6 Å².